The van der Waals surface area contributed by atoms with Gasteiger partial charge in [-0.2, -0.15) is 0 Å². The second kappa shape index (κ2) is 7.68. The fraction of sp³-hybridized carbons (Fsp3) is 0.667. The van der Waals surface area contributed by atoms with Gasteiger partial charge in [0.1, 0.15) is 5.75 Å². The molecule has 0 aromatic heterocycles. The molecule has 0 bridgehead atoms. The lowest BCUT2D eigenvalue weighted by molar-refractivity contribution is 0.0666. The van der Waals surface area contributed by atoms with E-state index in [1.165, 1.54) is 37.7 Å². The van der Waals surface area contributed by atoms with Crippen molar-refractivity contribution in [2.75, 3.05) is 7.11 Å². The maximum atomic E-state index is 10.4. The number of aliphatic hydroxyl groups excluding tert-OH is 1. The summed E-state index contributed by atoms with van der Waals surface area (Å²) in [5.41, 5.74) is 1.28. The van der Waals surface area contributed by atoms with Gasteiger partial charge in [0.25, 0.3) is 0 Å². The average molecular weight is 276 g/mol. The summed E-state index contributed by atoms with van der Waals surface area (Å²) in [6, 6.07) is 8.18. The zero-order valence-corrected chi connectivity index (χ0v) is 12.8. The Hall–Kier alpha value is -1.02. The lowest BCUT2D eigenvalue weighted by Gasteiger charge is -2.31. The predicted octanol–water partition coefficient (Wildman–Crippen LogP) is 4.21. The third-order valence-electron chi connectivity index (χ3n) is 4.90. The molecule has 0 saturated heterocycles. The minimum atomic E-state index is -0.130. The molecule has 2 rings (SSSR count). The van der Waals surface area contributed by atoms with E-state index in [0.29, 0.717) is 5.92 Å². The number of hydrogen-bond acceptors (Lipinski definition) is 2. The molecular formula is C18H28O2. The molecule has 0 spiro atoms. The Morgan fingerprint density at radius 3 is 2.35 bits per heavy atom. The average Bonchev–Trinajstić information content (AvgIpc) is 2.53. The van der Waals surface area contributed by atoms with Crippen LogP contribution in [-0.2, 0) is 6.42 Å². The van der Waals surface area contributed by atoms with Crippen molar-refractivity contribution in [3.8, 4) is 5.75 Å². The highest BCUT2D eigenvalue weighted by atomic mass is 16.5. The lowest BCUT2D eigenvalue weighted by Crippen LogP contribution is -2.26. The zero-order chi connectivity index (χ0) is 14.4. The van der Waals surface area contributed by atoms with Gasteiger partial charge in [0.15, 0.2) is 0 Å². The summed E-state index contributed by atoms with van der Waals surface area (Å²) >= 11 is 0. The van der Waals surface area contributed by atoms with Gasteiger partial charge in [-0.05, 0) is 55.2 Å². The molecule has 1 atom stereocenters. The van der Waals surface area contributed by atoms with E-state index in [1.807, 2.05) is 12.1 Å². The van der Waals surface area contributed by atoms with Crippen LogP contribution in [0.25, 0.3) is 0 Å². The molecule has 20 heavy (non-hydrogen) atoms. The summed E-state index contributed by atoms with van der Waals surface area (Å²) in [6.45, 7) is 2.28. The molecule has 1 fully saturated rings. The molecule has 1 aromatic carbocycles. The molecule has 112 valence electrons. The second-order valence-electron chi connectivity index (χ2n) is 6.14. The Balaban J connectivity index is 1.75. The van der Waals surface area contributed by atoms with Crippen molar-refractivity contribution >= 4 is 0 Å². The van der Waals surface area contributed by atoms with Crippen LogP contribution in [0.5, 0.6) is 5.75 Å². The number of hydrogen-bond donors (Lipinski definition) is 1. The molecule has 1 aliphatic carbocycles. The summed E-state index contributed by atoms with van der Waals surface area (Å²) in [5.74, 6) is 2.32. The van der Waals surface area contributed by atoms with E-state index in [2.05, 4.69) is 19.1 Å². The van der Waals surface area contributed by atoms with Crippen molar-refractivity contribution in [1.82, 2.24) is 0 Å². The van der Waals surface area contributed by atoms with Crippen molar-refractivity contribution < 1.29 is 9.84 Å². The van der Waals surface area contributed by atoms with E-state index in [1.54, 1.807) is 7.11 Å². The van der Waals surface area contributed by atoms with Crippen molar-refractivity contribution in [1.29, 1.82) is 0 Å². The minimum absolute atomic E-state index is 0.130. The van der Waals surface area contributed by atoms with Crippen molar-refractivity contribution in [2.24, 2.45) is 11.8 Å². The quantitative estimate of drug-likeness (QED) is 0.843. The molecule has 0 heterocycles. The van der Waals surface area contributed by atoms with E-state index in [0.717, 1.165) is 24.5 Å². The Morgan fingerprint density at radius 1 is 1.15 bits per heavy atom. The second-order valence-corrected chi connectivity index (χ2v) is 6.14. The van der Waals surface area contributed by atoms with E-state index >= 15 is 0 Å². The number of benzene rings is 1. The zero-order valence-electron chi connectivity index (χ0n) is 12.8. The Labute approximate surface area is 123 Å². The number of aryl methyl sites for hydroxylation is 1. The first-order valence-electron chi connectivity index (χ1n) is 8.04. The van der Waals surface area contributed by atoms with Crippen LogP contribution in [0.15, 0.2) is 24.3 Å². The summed E-state index contributed by atoms with van der Waals surface area (Å²) in [6.07, 6.45) is 8.04. The molecule has 0 amide bonds. The number of rotatable bonds is 6. The van der Waals surface area contributed by atoms with Crippen LogP contribution in [-0.4, -0.2) is 18.3 Å². The van der Waals surface area contributed by atoms with Gasteiger partial charge in [-0.25, -0.2) is 0 Å². The third-order valence-corrected chi connectivity index (χ3v) is 4.90. The Kier molecular flexibility index (Phi) is 5.90. The summed E-state index contributed by atoms with van der Waals surface area (Å²) in [4.78, 5) is 0. The van der Waals surface area contributed by atoms with E-state index in [-0.39, 0.29) is 6.10 Å². The first-order chi connectivity index (χ1) is 9.72. The van der Waals surface area contributed by atoms with Gasteiger partial charge in [-0.1, -0.05) is 38.3 Å². The number of methoxy groups -OCH3 is 1. The maximum Gasteiger partial charge on any atom is 0.118 e. The van der Waals surface area contributed by atoms with Crippen LogP contribution >= 0.6 is 0 Å². The fourth-order valence-corrected chi connectivity index (χ4v) is 3.32. The van der Waals surface area contributed by atoms with Crippen LogP contribution in [0, 0.1) is 11.8 Å². The highest BCUT2D eigenvalue weighted by molar-refractivity contribution is 5.27. The fourth-order valence-electron chi connectivity index (χ4n) is 3.32. The van der Waals surface area contributed by atoms with Gasteiger partial charge in [0.05, 0.1) is 13.2 Å². The summed E-state index contributed by atoms with van der Waals surface area (Å²) in [7, 11) is 1.69. The van der Waals surface area contributed by atoms with Crippen molar-refractivity contribution in [3.63, 3.8) is 0 Å². The van der Waals surface area contributed by atoms with Gasteiger partial charge < -0.3 is 9.84 Å². The molecular weight excluding hydrogens is 248 g/mol. The highest BCUT2D eigenvalue weighted by Crippen LogP contribution is 2.33. The topological polar surface area (TPSA) is 29.5 Å². The van der Waals surface area contributed by atoms with Gasteiger partial charge in [0, 0.05) is 0 Å². The Bertz CT molecular complexity index is 377. The standard InChI is InChI=1S/C18H28O2/c1-3-14-4-9-16(10-5-14)18(19)13-8-15-6-11-17(20-2)12-7-15/h6-7,11-12,14,16,18-19H,3-5,8-10,13H2,1-2H3. The molecule has 1 aromatic rings. The summed E-state index contributed by atoms with van der Waals surface area (Å²) in [5, 5.41) is 10.4. The van der Waals surface area contributed by atoms with Gasteiger partial charge in [-0.3, -0.25) is 0 Å². The molecule has 0 aliphatic heterocycles. The molecule has 2 nitrogen and oxygen atoms in total. The maximum absolute atomic E-state index is 10.4. The SMILES string of the molecule is CCC1CCC(C(O)CCc2ccc(OC)cc2)CC1. The van der Waals surface area contributed by atoms with Crippen molar-refractivity contribution in [2.45, 2.75) is 58.0 Å². The van der Waals surface area contributed by atoms with Crippen LogP contribution in [0.3, 0.4) is 0 Å². The molecule has 2 heteroatoms. The third kappa shape index (κ3) is 4.24. The van der Waals surface area contributed by atoms with Crippen LogP contribution in [0.1, 0.15) is 51.0 Å². The van der Waals surface area contributed by atoms with E-state index in [4.69, 9.17) is 4.74 Å². The molecule has 1 N–H and O–H groups in total. The van der Waals surface area contributed by atoms with Gasteiger partial charge in [-0.15, -0.1) is 0 Å². The first kappa shape index (κ1) is 15.4. The molecule has 1 unspecified atom stereocenters. The summed E-state index contributed by atoms with van der Waals surface area (Å²) < 4.78 is 5.16. The van der Waals surface area contributed by atoms with Gasteiger partial charge in [0.2, 0.25) is 0 Å². The molecule has 1 aliphatic rings. The first-order valence-corrected chi connectivity index (χ1v) is 8.04. The van der Waals surface area contributed by atoms with Crippen LogP contribution < -0.4 is 4.74 Å². The van der Waals surface area contributed by atoms with E-state index < -0.39 is 0 Å². The van der Waals surface area contributed by atoms with Crippen LogP contribution in [0.2, 0.25) is 0 Å². The smallest absolute Gasteiger partial charge is 0.118 e. The normalized spacial score (nSPS) is 24.4. The lowest BCUT2D eigenvalue weighted by atomic mass is 9.77. The number of ether oxygens (including phenoxy) is 1. The van der Waals surface area contributed by atoms with Crippen molar-refractivity contribution in [3.05, 3.63) is 29.8 Å². The number of aliphatic hydroxyl groups is 1. The monoisotopic (exact) mass is 276 g/mol. The minimum Gasteiger partial charge on any atom is -0.497 e. The molecule has 0 radical (unpaired) electrons. The van der Waals surface area contributed by atoms with Gasteiger partial charge >= 0.3 is 0 Å². The van der Waals surface area contributed by atoms with E-state index in [9.17, 15) is 5.11 Å². The van der Waals surface area contributed by atoms with Crippen LogP contribution in [0.4, 0.5) is 0 Å². The highest BCUT2D eigenvalue weighted by Gasteiger charge is 2.25. The predicted molar refractivity (Wildman–Crippen MR) is 83.1 cm³/mol. The Morgan fingerprint density at radius 2 is 1.80 bits per heavy atom. The largest absolute Gasteiger partial charge is 0.497 e. The molecule has 1 saturated carbocycles.